The molecule has 0 unspecified atom stereocenters. The highest BCUT2D eigenvalue weighted by Crippen LogP contribution is 2.30. The van der Waals surface area contributed by atoms with E-state index in [-0.39, 0.29) is 18.4 Å². The van der Waals surface area contributed by atoms with Crippen LogP contribution >= 0.6 is 39.7 Å². The third-order valence-corrected chi connectivity index (χ3v) is 4.31. The van der Waals surface area contributed by atoms with Crippen molar-refractivity contribution in [1.82, 2.24) is 4.98 Å². The lowest BCUT2D eigenvalue weighted by Gasteiger charge is -2.08. The van der Waals surface area contributed by atoms with Gasteiger partial charge >= 0.3 is 0 Å². The molecule has 0 radical (unpaired) electrons. The van der Waals surface area contributed by atoms with Crippen LogP contribution in [0.3, 0.4) is 0 Å². The Bertz CT molecular complexity index is 648. The van der Waals surface area contributed by atoms with E-state index in [2.05, 4.69) is 44.5 Å². The van der Waals surface area contributed by atoms with Gasteiger partial charge in [-0.15, -0.1) is 23.7 Å². The third kappa shape index (κ3) is 2.34. The number of nitrogens with two attached hydrogens (primary N) is 1. The minimum Gasteiger partial charge on any atom is -0.361 e. The van der Waals surface area contributed by atoms with Gasteiger partial charge in [-0.25, -0.2) is 0 Å². The van der Waals surface area contributed by atoms with E-state index in [4.69, 9.17) is 5.73 Å². The number of hydrogen-bond acceptors (Lipinski definition) is 2. The maximum Gasteiger partial charge on any atom is 0.0667 e. The molecular formula is C13H12BrClN2S. The molecule has 0 bridgehead atoms. The number of rotatable bonds is 2. The van der Waals surface area contributed by atoms with E-state index in [0.717, 1.165) is 15.6 Å². The van der Waals surface area contributed by atoms with E-state index in [1.807, 2.05) is 18.3 Å². The molecule has 3 rings (SSSR count). The van der Waals surface area contributed by atoms with Gasteiger partial charge in [-0.2, -0.15) is 0 Å². The van der Waals surface area contributed by atoms with Gasteiger partial charge in [0.25, 0.3) is 0 Å². The molecule has 18 heavy (non-hydrogen) atoms. The first-order valence-electron chi connectivity index (χ1n) is 5.31. The van der Waals surface area contributed by atoms with Gasteiger partial charge in [-0.05, 0) is 35.2 Å². The highest BCUT2D eigenvalue weighted by molar-refractivity contribution is 9.10. The van der Waals surface area contributed by atoms with E-state index in [0.29, 0.717) is 0 Å². The van der Waals surface area contributed by atoms with Crippen LogP contribution in [-0.4, -0.2) is 4.98 Å². The summed E-state index contributed by atoms with van der Waals surface area (Å²) in [6.07, 6.45) is 2.00. The van der Waals surface area contributed by atoms with Crippen LogP contribution in [0.4, 0.5) is 0 Å². The summed E-state index contributed by atoms with van der Waals surface area (Å²) in [6.45, 7) is 0. The fourth-order valence-corrected chi connectivity index (χ4v) is 3.10. The van der Waals surface area contributed by atoms with Crippen molar-refractivity contribution in [2.75, 3.05) is 0 Å². The number of aromatic nitrogens is 1. The number of benzene rings is 1. The molecule has 0 saturated carbocycles. The van der Waals surface area contributed by atoms with Crippen molar-refractivity contribution in [3.8, 4) is 0 Å². The highest BCUT2D eigenvalue weighted by atomic mass is 79.9. The van der Waals surface area contributed by atoms with Crippen LogP contribution in [0, 0.1) is 0 Å². The topological polar surface area (TPSA) is 41.8 Å². The molecule has 3 aromatic rings. The highest BCUT2D eigenvalue weighted by Gasteiger charge is 2.14. The fourth-order valence-electron chi connectivity index (χ4n) is 1.99. The predicted molar refractivity (Wildman–Crippen MR) is 83.6 cm³/mol. The molecule has 5 heteroatoms. The van der Waals surface area contributed by atoms with Crippen molar-refractivity contribution < 1.29 is 0 Å². The number of nitrogens with one attached hydrogen (secondary N) is 1. The molecule has 1 aromatic carbocycles. The first-order valence-corrected chi connectivity index (χ1v) is 6.98. The standard InChI is InChI=1S/C13H11BrN2S.ClH/c14-8-3-4-11-9(6-8)10(7-16-11)13(15)12-2-1-5-17-12;/h1-7,13,16H,15H2;1H/t13-;/m0./s1. The number of aromatic amines is 1. The fraction of sp³-hybridized carbons (Fsp3) is 0.0769. The minimum atomic E-state index is -0.0574. The average molecular weight is 344 g/mol. The van der Waals surface area contributed by atoms with Crippen molar-refractivity contribution >= 4 is 50.6 Å². The summed E-state index contributed by atoms with van der Waals surface area (Å²) < 4.78 is 1.07. The molecule has 2 aromatic heterocycles. The van der Waals surface area contributed by atoms with Crippen LogP contribution < -0.4 is 5.73 Å². The van der Waals surface area contributed by atoms with Crippen LogP contribution in [-0.2, 0) is 0 Å². The molecule has 0 fully saturated rings. The molecule has 0 amide bonds. The maximum absolute atomic E-state index is 6.30. The molecular weight excluding hydrogens is 332 g/mol. The predicted octanol–water partition coefficient (Wildman–Crippen LogP) is 4.46. The van der Waals surface area contributed by atoms with Crippen molar-refractivity contribution in [1.29, 1.82) is 0 Å². The zero-order valence-corrected chi connectivity index (χ0v) is 12.6. The second-order valence-electron chi connectivity index (χ2n) is 3.93. The summed E-state index contributed by atoms with van der Waals surface area (Å²) in [5, 5.41) is 3.24. The van der Waals surface area contributed by atoms with Crippen LogP contribution in [0.5, 0.6) is 0 Å². The van der Waals surface area contributed by atoms with Gasteiger partial charge in [-0.1, -0.05) is 22.0 Å². The summed E-state index contributed by atoms with van der Waals surface area (Å²) in [5.41, 5.74) is 8.56. The number of fused-ring (bicyclic) bond motifs is 1. The smallest absolute Gasteiger partial charge is 0.0667 e. The Hall–Kier alpha value is -0.810. The van der Waals surface area contributed by atoms with E-state index in [9.17, 15) is 0 Å². The Labute approximate surface area is 124 Å². The van der Waals surface area contributed by atoms with Gasteiger partial charge in [0, 0.05) is 26.4 Å². The molecule has 2 heterocycles. The van der Waals surface area contributed by atoms with E-state index >= 15 is 0 Å². The summed E-state index contributed by atoms with van der Waals surface area (Å²) in [7, 11) is 0. The molecule has 0 aliphatic carbocycles. The lowest BCUT2D eigenvalue weighted by Crippen LogP contribution is -2.09. The second kappa shape index (κ2) is 5.45. The molecule has 1 atom stereocenters. The summed E-state index contributed by atoms with van der Waals surface area (Å²) >= 11 is 5.19. The zero-order valence-electron chi connectivity index (χ0n) is 9.39. The Morgan fingerprint density at radius 1 is 1.28 bits per heavy atom. The SMILES string of the molecule is Cl.N[C@H](c1cccs1)c1c[nH]c2ccc(Br)cc12. The molecule has 0 spiro atoms. The lowest BCUT2D eigenvalue weighted by molar-refractivity contribution is 0.903. The van der Waals surface area contributed by atoms with Gasteiger partial charge in [0.2, 0.25) is 0 Å². The zero-order chi connectivity index (χ0) is 11.8. The number of hydrogen-bond donors (Lipinski definition) is 2. The van der Waals surface area contributed by atoms with Crippen molar-refractivity contribution in [3.63, 3.8) is 0 Å². The summed E-state index contributed by atoms with van der Waals surface area (Å²) in [5.74, 6) is 0. The summed E-state index contributed by atoms with van der Waals surface area (Å²) in [6, 6.07) is 10.2. The minimum absolute atomic E-state index is 0. The van der Waals surface area contributed by atoms with Gasteiger partial charge < -0.3 is 10.7 Å². The number of thiophene rings is 1. The first kappa shape index (κ1) is 13.6. The van der Waals surface area contributed by atoms with Crippen molar-refractivity contribution in [2.24, 2.45) is 5.73 Å². The van der Waals surface area contributed by atoms with Gasteiger partial charge in [0.15, 0.2) is 0 Å². The monoisotopic (exact) mass is 342 g/mol. The van der Waals surface area contributed by atoms with Gasteiger partial charge in [0.1, 0.15) is 0 Å². The Kier molecular flexibility index (Phi) is 4.12. The first-order chi connectivity index (χ1) is 8.25. The normalized spacial score (nSPS) is 12.3. The number of halogens is 2. The Morgan fingerprint density at radius 3 is 2.83 bits per heavy atom. The molecule has 2 nitrogen and oxygen atoms in total. The van der Waals surface area contributed by atoms with Crippen molar-refractivity contribution in [2.45, 2.75) is 6.04 Å². The van der Waals surface area contributed by atoms with Gasteiger partial charge in [-0.3, -0.25) is 0 Å². The Balaban J connectivity index is 0.00000120. The van der Waals surface area contributed by atoms with Gasteiger partial charge in [0.05, 0.1) is 6.04 Å². The number of H-pyrrole nitrogens is 1. The molecule has 0 aliphatic heterocycles. The third-order valence-electron chi connectivity index (χ3n) is 2.86. The Morgan fingerprint density at radius 2 is 2.11 bits per heavy atom. The van der Waals surface area contributed by atoms with E-state index in [1.165, 1.54) is 10.3 Å². The summed E-state index contributed by atoms with van der Waals surface area (Å²) in [4.78, 5) is 4.45. The average Bonchev–Trinajstić information content (AvgIpc) is 2.97. The molecule has 94 valence electrons. The lowest BCUT2D eigenvalue weighted by atomic mass is 10.1. The van der Waals surface area contributed by atoms with Crippen LogP contribution in [0.15, 0.2) is 46.4 Å². The molecule has 3 N–H and O–H groups in total. The molecule has 0 aliphatic rings. The maximum atomic E-state index is 6.30. The van der Waals surface area contributed by atoms with Crippen LogP contribution in [0.25, 0.3) is 10.9 Å². The quantitative estimate of drug-likeness (QED) is 0.708. The van der Waals surface area contributed by atoms with E-state index < -0.39 is 0 Å². The van der Waals surface area contributed by atoms with Crippen LogP contribution in [0.2, 0.25) is 0 Å². The second-order valence-corrected chi connectivity index (χ2v) is 5.82. The van der Waals surface area contributed by atoms with E-state index in [1.54, 1.807) is 11.3 Å². The van der Waals surface area contributed by atoms with Crippen molar-refractivity contribution in [3.05, 3.63) is 56.8 Å². The molecule has 0 saturated heterocycles. The van der Waals surface area contributed by atoms with Crippen LogP contribution in [0.1, 0.15) is 16.5 Å². The largest absolute Gasteiger partial charge is 0.361 e.